The van der Waals surface area contributed by atoms with Gasteiger partial charge in [-0.05, 0) is 49.4 Å². The summed E-state index contributed by atoms with van der Waals surface area (Å²) in [6.07, 6.45) is 2.75. The molecule has 8 heteroatoms. The van der Waals surface area contributed by atoms with Crippen molar-refractivity contribution in [3.63, 3.8) is 0 Å². The molecule has 160 valence electrons. The smallest absolute Gasteiger partial charge is 0.337 e. The Balaban J connectivity index is 1.66. The highest BCUT2D eigenvalue weighted by atomic mass is 35.5. The van der Waals surface area contributed by atoms with Gasteiger partial charge in [-0.1, -0.05) is 41.9 Å². The quantitative estimate of drug-likeness (QED) is 0.472. The maximum atomic E-state index is 12.0. The molecule has 0 heterocycles. The van der Waals surface area contributed by atoms with Crippen LogP contribution in [0.15, 0.2) is 42.5 Å². The molecular weight excluding hydrogens is 408 g/mol. The fraction of sp³-hybridized carbons (Fsp3) is 0.318. The first-order valence-corrected chi connectivity index (χ1v) is 9.96. The van der Waals surface area contributed by atoms with Gasteiger partial charge in [-0.3, -0.25) is 9.59 Å². The number of anilines is 1. The topological polar surface area (TPSA) is 105 Å². The number of amides is 2. The van der Waals surface area contributed by atoms with E-state index in [4.69, 9.17) is 16.3 Å². The van der Waals surface area contributed by atoms with Gasteiger partial charge in [0.05, 0.1) is 11.3 Å². The van der Waals surface area contributed by atoms with E-state index in [1.54, 1.807) is 13.0 Å². The number of halogens is 1. The minimum Gasteiger partial charge on any atom is -0.478 e. The summed E-state index contributed by atoms with van der Waals surface area (Å²) in [4.78, 5) is 35.2. The Hall–Kier alpha value is -2.90. The summed E-state index contributed by atoms with van der Waals surface area (Å²) >= 11 is 5.87. The second-order valence-electron chi connectivity index (χ2n) is 6.78. The lowest BCUT2D eigenvalue weighted by molar-refractivity contribution is -0.128. The van der Waals surface area contributed by atoms with Crippen molar-refractivity contribution in [2.24, 2.45) is 0 Å². The first kappa shape index (κ1) is 23.4. The van der Waals surface area contributed by atoms with Crippen LogP contribution in [0.25, 0.3) is 0 Å². The molecule has 30 heavy (non-hydrogen) atoms. The van der Waals surface area contributed by atoms with Gasteiger partial charge >= 0.3 is 5.97 Å². The second kappa shape index (κ2) is 11.9. The van der Waals surface area contributed by atoms with Crippen molar-refractivity contribution in [1.82, 2.24) is 5.32 Å². The van der Waals surface area contributed by atoms with Crippen molar-refractivity contribution < 1.29 is 24.2 Å². The molecule has 0 atom stereocenters. The van der Waals surface area contributed by atoms with Gasteiger partial charge in [0, 0.05) is 11.6 Å². The lowest BCUT2D eigenvalue weighted by Gasteiger charge is -2.12. The number of carbonyl (C=O) groups excluding carboxylic acids is 2. The molecular formula is C22H25ClN2O5. The third kappa shape index (κ3) is 7.85. The van der Waals surface area contributed by atoms with E-state index in [0.717, 1.165) is 19.3 Å². The van der Waals surface area contributed by atoms with Crippen LogP contribution in [0.1, 0.15) is 34.3 Å². The number of hydrogen-bond acceptors (Lipinski definition) is 4. The van der Waals surface area contributed by atoms with Gasteiger partial charge in [-0.25, -0.2) is 4.79 Å². The van der Waals surface area contributed by atoms with E-state index in [1.807, 2.05) is 18.2 Å². The Bertz CT molecular complexity index is 887. The molecule has 7 nitrogen and oxygen atoms in total. The van der Waals surface area contributed by atoms with Gasteiger partial charge in [0.1, 0.15) is 13.2 Å². The lowest BCUT2D eigenvalue weighted by Crippen LogP contribution is -2.30. The number of unbranched alkanes of at least 4 members (excludes halogenated alkanes) is 1. The molecule has 0 radical (unpaired) electrons. The molecule has 0 spiro atoms. The van der Waals surface area contributed by atoms with Crippen molar-refractivity contribution in [1.29, 1.82) is 0 Å². The maximum absolute atomic E-state index is 12.0. The van der Waals surface area contributed by atoms with Gasteiger partial charge < -0.3 is 20.5 Å². The largest absolute Gasteiger partial charge is 0.478 e. The van der Waals surface area contributed by atoms with E-state index in [9.17, 15) is 19.5 Å². The van der Waals surface area contributed by atoms with Crippen LogP contribution < -0.4 is 10.6 Å². The molecule has 2 amide bonds. The van der Waals surface area contributed by atoms with Crippen LogP contribution >= 0.6 is 11.6 Å². The molecule has 0 aliphatic rings. The average molecular weight is 433 g/mol. The van der Waals surface area contributed by atoms with Crippen molar-refractivity contribution >= 4 is 35.1 Å². The molecule has 0 unspecified atom stereocenters. The van der Waals surface area contributed by atoms with E-state index < -0.39 is 11.9 Å². The Morgan fingerprint density at radius 3 is 2.43 bits per heavy atom. The highest BCUT2D eigenvalue weighted by Crippen LogP contribution is 2.25. The third-order valence-electron chi connectivity index (χ3n) is 4.32. The van der Waals surface area contributed by atoms with Gasteiger partial charge in [0.2, 0.25) is 11.8 Å². The van der Waals surface area contributed by atoms with Gasteiger partial charge in [-0.2, -0.15) is 0 Å². The van der Waals surface area contributed by atoms with E-state index >= 15 is 0 Å². The highest BCUT2D eigenvalue weighted by molar-refractivity contribution is 6.31. The van der Waals surface area contributed by atoms with Gasteiger partial charge in [0.15, 0.2) is 0 Å². The zero-order chi connectivity index (χ0) is 21.9. The van der Waals surface area contributed by atoms with Crippen LogP contribution in [-0.2, 0) is 20.7 Å². The fourth-order valence-corrected chi connectivity index (χ4v) is 3.14. The fourth-order valence-electron chi connectivity index (χ4n) is 2.87. The summed E-state index contributed by atoms with van der Waals surface area (Å²) in [5.74, 6) is -2.07. The summed E-state index contributed by atoms with van der Waals surface area (Å²) < 4.78 is 5.12. The number of carboxylic acid groups (broad SMARTS) is 1. The first-order chi connectivity index (χ1) is 14.4. The van der Waals surface area contributed by atoms with E-state index in [1.165, 1.54) is 11.6 Å². The SMILES string of the molecule is Cc1cc(Cl)cc(C(=O)O)c1NC(=O)COCC(=O)NCCCCc1ccccc1. The molecule has 2 rings (SSSR count). The van der Waals surface area contributed by atoms with Crippen molar-refractivity contribution in [2.45, 2.75) is 26.2 Å². The molecule has 0 aliphatic carbocycles. The molecule has 0 saturated heterocycles. The predicted octanol–water partition coefficient (Wildman–Crippen LogP) is 3.44. The first-order valence-electron chi connectivity index (χ1n) is 9.58. The monoisotopic (exact) mass is 432 g/mol. The van der Waals surface area contributed by atoms with Crippen LogP contribution in [-0.4, -0.2) is 42.6 Å². The second-order valence-corrected chi connectivity index (χ2v) is 7.22. The van der Waals surface area contributed by atoms with Crippen LogP contribution in [0.5, 0.6) is 0 Å². The number of aromatic carboxylic acids is 1. The minimum atomic E-state index is -1.21. The van der Waals surface area contributed by atoms with Gasteiger partial charge in [-0.15, -0.1) is 0 Å². The van der Waals surface area contributed by atoms with E-state index in [0.29, 0.717) is 12.1 Å². The number of ether oxygens (including phenoxy) is 1. The number of aryl methyl sites for hydroxylation is 2. The van der Waals surface area contributed by atoms with Gasteiger partial charge in [0.25, 0.3) is 0 Å². The van der Waals surface area contributed by atoms with E-state index in [-0.39, 0.29) is 35.4 Å². The van der Waals surface area contributed by atoms with Crippen LogP contribution in [0.4, 0.5) is 5.69 Å². The van der Waals surface area contributed by atoms with Crippen molar-refractivity contribution in [3.05, 3.63) is 64.2 Å². The Kier molecular flexibility index (Phi) is 9.31. The average Bonchev–Trinajstić information content (AvgIpc) is 2.70. The zero-order valence-electron chi connectivity index (χ0n) is 16.7. The maximum Gasteiger partial charge on any atom is 0.337 e. The molecule has 0 bridgehead atoms. The number of carbonyl (C=O) groups is 3. The molecule has 2 aromatic carbocycles. The predicted molar refractivity (Wildman–Crippen MR) is 115 cm³/mol. The number of nitrogens with one attached hydrogen (secondary N) is 2. The Morgan fingerprint density at radius 2 is 1.73 bits per heavy atom. The summed E-state index contributed by atoms with van der Waals surface area (Å²) in [7, 11) is 0. The summed E-state index contributed by atoms with van der Waals surface area (Å²) in [6.45, 7) is 1.55. The normalized spacial score (nSPS) is 10.5. The molecule has 0 aromatic heterocycles. The third-order valence-corrected chi connectivity index (χ3v) is 4.54. The molecule has 3 N–H and O–H groups in total. The number of rotatable bonds is 11. The van der Waals surface area contributed by atoms with Crippen LogP contribution in [0, 0.1) is 6.92 Å². The summed E-state index contributed by atoms with van der Waals surface area (Å²) in [5.41, 5.74) is 1.83. The lowest BCUT2D eigenvalue weighted by atomic mass is 10.1. The zero-order valence-corrected chi connectivity index (χ0v) is 17.5. The standard InChI is InChI=1S/C22H25ClN2O5/c1-15-11-17(23)12-18(22(28)29)21(15)25-20(27)14-30-13-19(26)24-10-6-5-9-16-7-3-2-4-8-16/h2-4,7-8,11-12H,5-6,9-10,13-14H2,1H3,(H,24,26)(H,25,27)(H,28,29). The minimum absolute atomic E-state index is 0.110. The summed E-state index contributed by atoms with van der Waals surface area (Å²) in [5, 5.41) is 14.8. The highest BCUT2D eigenvalue weighted by Gasteiger charge is 2.16. The number of benzene rings is 2. The number of hydrogen-bond donors (Lipinski definition) is 3. The molecule has 2 aromatic rings. The van der Waals surface area contributed by atoms with Crippen molar-refractivity contribution in [3.8, 4) is 0 Å². The Labute approximate surface area is 180 Å². The van der Waals surface area contributed by atoms with Crippen LogP contribution in [0.2, 0.25) is 5.02 Å². The Morgan fingerprint density at radius 1 is 1.03 bits per heavy atom. The molecule has 0 aliphatic heterocycles. The van der Waals surface area contributed by atoms with Crippen LogP contribution in [0.3, 0.4) is 0 Å². The van der Waals surface area contributed by atoms with E-state index in [2.05, 4.69) is 22.8 Å². The summed E-state index contributed by atoms with van der Waals surface area (Å²) in [6, 6.07) is 12.9. The molecule has 0 saturated carbocycles. The van der Waals surface area contributed by atoms with Crippen molar-refractivity contribution in [2.75, 3.05) is 25.1 Å². The number of carboxylic acids is 1. The molecule has 0 fully saturated rings.